The monoisotopic (exact) mass is 600 g/mol. The van der Waals surface area contributed by atoms with E-state index in [1.165, 1.54) is 0 Å². The Kier molecular flexibility index (Phi) is 3.30. The van der Waals surface area contributed by atoms with E-state index < -0.39 is 102 Å². The molecule has 0 spiro atoms. The van der Waals surface area contributed by atoms with Gasteiger partial charge in [0.25, 0.3) is 0 Å². The van der Waals surface area contributed by atoms with Crippen molar-refractivity contribution < 1.29 is 24.7 Å². The fraction of sp³-hybridized carbons (Fsp3) is 0. The fourth-order valence-electron chi connectivity index (χ4n) is 6.35. The third-order valence-electron chi connectivity index (χ3n) is 8.28. The molecule has 9 rings (SSSR count). The first-order valence-electron chi connectivity index (χ1n) is 23.5. The fourth-order valence-corrected chi connectivity index (χ4v) is 6.35. The van der Waals surface area contributed by atoms with E-state index in [1.807, 2.05) is 30.3 Å². The van der Waals surface area contributed by atoms with Crippen molar-refractivity contribution in [3.8, 4) is 44.5 Å². The van der Waals surface area contributed by atoms with E-state index in [4.69, 9.17) is 19.2 Å². The Bertz CT molecular complexity index is 3460. The predicted molar refractivity (Wildman–Crippen MR) is 198 cm³/mol. The molecule has 0 heterocycles. The molecule has 9 aromatic carbocycles. The Morgan fingerprint density at radius 3 is 1.41 bits per heavy atom. The van der Waals surface area contributed by atoms with Crippen molar-refractivity contribution in [2.45, 2.75) is 0 Å². The van der Waals surface area contributed by atoms with Gasteiger partial charge in [0.05, 0.1) is 24.7 Å². The lowest BCUT2D eigenvalue weighted by Gasteiger charge is -2.19. The molecule has 0 unspecified atom stereocenters. The van der Waals surface area contributed by atoms with Crippen molar-refractivity contribution in [1.82, 2.24) is 0 Å². The lowest BCUT2D eigenvalue weighted by atomic mass is 9.84. The van der Waals surface area contributed by atoms with Crippen LogP contribution in [0.5, 0.6) is 0 Å². The molecule has 0 aliphatic rings. The summed E-state index contributed by atoms with van der Waals surface area (Å²) in [6, 6.07) is 10.5. The van der Waals surface area contributed by atoms with Gasteiger partial charge in [-0.2, -0.15) is 0 Å². The number of fused-ring (bicyclic) bond motifs is 4. The van der Waals surface area contributed by atoms with Crippen LogP contribution in [0.4, 0.5) is 0 Å². The summed E-state index contributed by atoms with van der Waals surface area (Å²) in [5, 5.41) is 1.52. The number of rotatable bonds is 4. The van der Waals surface area contributed by atoms with Crippen molar-refractivity contribution in [3.05, 3.63) is 182 Å². The summed E-state index contributed by atoms with van der Waals surface area (Å²) in [5.74, 6) is 0. The van der Waals surface area contributed by atoms with E-state index in [2.05, 4.69) is 0 Å². The third-order valence-corrected chi connectivity index (χ3v) is 8.28. The molecule has 0 aliphatic heterocycles. The minimum absolute atomic E-state index is 0.0182. The molecule has 0 fully saturated rings. The minimum atomic E-state index is -0.747. The smallest absolute Gasteiger partial charge is 0.0622 e. The molecule has 0 atom stereocenters. The average Bonchev–Trinajstić information content (AvgIpc) is 3.30. The van der Waals surface area contributed by atoms with Crippen LogP contribution < -0.4 is 0 Å². The van der Waals surface area contributed by atoms with Crippen molar-refractivity contribution in [2.75, 3.05) is 0 Å². The van der Waals surface area contributed by atoms with Crippen molar-refractivity contribution in [1.29, 1.82) is 0 Å². The predicted octanol–water partition coefficient (Wildman–Crippen LogP) is 13.0. The van der Waals surface area contributed by atoms with Gasteiger partial charge in [-0.25, -0.2) is 0 Å². The second-order valence-electron chi connectivity index (χ2n) is 10.7. The van der Waals surface area contributed by atoms with Crippen molar-refractivity contribution in [2.24, 2.45) is 0 Å². The number of hydrogen-bond acceptors (Lipinski definition) is 0. The first-order chi connectivity index (χ1) is 30.3. The highest BCUT2D eigenvalue weighted by Crippen LogP contribution is 2.46. The molecule has 0 N–H and O–H groups in total. The van der Waals surface area contributed by atoms with Gasteiger partial charge < -0.3 is 0 Å². The molecule has 46 heavy (non-hydrogen) atoms. The zero-order valence-corrected chi connectivity index (χ0v) is 23.9. The lowest BCUT2D eigenvalue weighted by molar-refractivity contribution is 1.64. The first-order valence-corrected chi connectivity index (χ1v) is 14.5. The van der Waals surface area contributed by atoms with Crippen LogP contribution in [-0.4, -0.2) is 0 Å². The molecule has 0 bridgehead atoms. The molecular weight excluding hydrogens is 553 g/mol. The standard InChI is InChI=1S/C46H30/c1-3-14-31(15-4-1)35-23-11-18-33-30-34(28-29-37(33)35)36-24-12-26-39-38(36)25-13-27-40(39)46-43-21-9-7-19-41(43)45(32-16-5-2-6-17-32)42-20-8-10-22-44(42)46/h1-30H/i1D,2D,3D,4D,5D,6D,7D,8D,9D,10D,14D,15D,16D,17D,19D,20D,21D,22D. The highest BCUT2D eigenvalue weighted by atomic mass is 14.2. The van der Waals surface area contributed by atoms with Crippen LogP contribution in [0, 0.1) is 0 Å². The van der Waals surface area contributed by atoms with Crippen LogP contribution in [0.2, 0.25) is 0 Å². The molecule has 9 aromatic rings. The molecular formula is C46H30. The van der Waals surface area contributed by atoms with E-state index >= 15 is 0 Å². The largest absolute Gasteiger partial charge is 0.0629 e. The highest BCUT2D eigenvalue weighted by molar-refractivity contribution is 6.24. The second kappa shape index (κ2) is 10.9. The lowest BCUT2D eigenvalue weighted by Crippen LogP contribution is -1.92. The quantitative estimate of drug-likeness (QED) is 0.176. The molecule has 0 nitrogen and oxygen atoms in total. The van der Waals surface area contributed by atoms with E-state index in [9.17, 15) is 5.48 Å². The van der Waals surface area contributed by atoms with E-state index in [-0.39, 0.29) is 50.3 Å². The van der Waals surface area contributed by atoms with Gasteiger partial charge in [-0.1, -0.05) is 175 Å². The Morgan fingerprint density at radius 1 is 0.304 bits per heavy atom. The molecule has 0 saturated heterocycles. The van der Waals surface area contributed by atoms with E-state index in [0.717, 1.165) is 0 Å². The van der Waals surface area contributed by atoms with Gasteiger partial charge in [0.2, 0.25) is 0 Å². The molecule has 214 valence electrons. The maximum atomic E-state index is 9.36. The van der Waals surface area contributed by atoms with Gasteiger partial charge in [-0.05, 0) is 93.7 Å². The molecule has 0 aliphatic carbocycles. The van der Waals surface area contributed by atoms with Crippen LogP contribution in [-0.2, 0) is 0 Å². The van der Waals surface area contributed by atoms with Crippen molar-refractivity contribution in [3.63, 3.8) is 0 Å². The van der Waals surface area contributed by atoms with Gasteiger partial charge in [-0.3, -0.25) is 0 Å². The molecule has 0 heteroatoms. The maximum Gasteiger partial charge on any atom is 0.0629 e. The van der Waals surface area contributed by atoms with E-state index in [1.54, 1.807) is 42.5 Å². The highest BCUT2D eigenvalue weighted by Gasteiger charge is 2.18. The Labute approximate surface area is 294 Å². The molecule has 0 saturated carbocycles. The zero-order valence-electron chi connectivity index (χ0n) is 41.9. The van der Waals surface area contributed by atoms with Crippen LogP contribution in [0.3, 0.4) is 0 Å². The number of hydrogen-bond donors (Lipinski definition) is 0. The van der Waals surface area contributed by atoms with Gasteiger partial charge in [-0.15, -0.1) is 0 Å². The van der Waals surface area contributed by atoms with Crippen LogP contribution in [0.15, 0.2) is 182 Å². The summed E-state index contributed by atoms with van der Waals surface area (Å²) in [6.45, 7) is 0. The summed E-state index contributed by atoms with van der Waals surface area (Å²) in [5.41, 5.74) is 1.41. The summed E-state index contributed by atoms with van der Waals surface area (Å²) < 4.78 is 157. The molecule has 0 radical (unpaired) electrons. The minimum Gasteiger partial charge on any atom is -0.0622 e. The Hall–Kier alpha value is -5.98. The second-order valence-corrected chi connectivity index (χ2v) is 10.7. The normalized spacial score (nSPS) is 17.0. The molecule has 0 amide bonds. The molecule has 0 aromatic heterocycles. The third kappa shape index (κ3) is 4.23. The summed E-state index contributed by atoms with van der Waals surface area (Å²) in [4.78, 5) is 0. The average molecular weight is 601 g/mol. The van der Waals surface area contributed by atoms with Crippen LogP contribution in [0.25, 0.3) is 87.6 Å². The number of benzene rings is 9. The zero-order chi connectivity index (χ0) is 46.1. The maximum absolute atomic E-state index is 9.36. The summed E-state index contributed by atoms with van der Waals surface area (Å²) in [7, 11) is 0. The summed E-state index contributed by atoms with van der Waals surface area (Å²) in [6.07, 6.45) is 0. The van der Waals surface area contributed by atoms with E-state index in [0.29, 0.717) is 43.8 Å². The van der Waals surface area contributed by atoms with Gasteiger partial charge >= 0.3 is 0 Å². The van der Waals surface area contributed by atoms with Crippen molar-refractivity contribution >= 4 is 43.1 Å². The summed E-state index contributed by atoms with van der Waals surface area (Å²) >= 11 is 0. The SMILES string of the molecule is [2H]c1c([2H])c([2H])c(-c2cccc3cc(-c4cccc5c(-c6c7c([2H])c([2H])c([2H])c([2H])c7c(-c7c([2H])c([2H])c([2H])c([2H])c7[2H])c7c([2H])c([2H])c([2H])c([2H])c67)cccc45)ccc23)c([2H])c1[2H]. The van der Waals surface area contributed by atoms with Gasteiger partial charge in [0.15, 0.2) is 0 Å². The van der Waals surface area contributed by atoms with Gasteiger partial charge in [0.1, 0.15) is 0 Å². The Balaban J connectivity index is 1.40. The van der Waals surface area contributed by atoms with Crippen LogP contribution >= 0.6 is 0 Å². The first kappa shape index (κ1) is 14.0. The topological polar surface area (TPSA) is 0 Å². The Morgan fingerprint density at radius 2 is 0.783 bits per heavy atom. The van der Waals surface area contributed by atoms with Gasteiger partial charge in [0, 0.05) is 0 Å². The van der Waals surface area contributed by atoms with Crippen LogP contribution in [0.1, 0.15) is 24.7 Å².